The van der Waals surface area contributed by atoms with Crippen molar-refractivity contribution >= 4 is 30.6 Å². The van der Waals surface area contributed by atoms with Crippen LogP contribution >= 0.6 is 11.6 Å². The molecule has 0 amide bonds. The number of fused-ring (bicyclic) bond motifs is 1. The van der Waals surface area contributed by atoms with E-state index in [0.29, 0.717) is 0 Å². The van der Waals surface area contributed by atoms with E-state index in [0.717, 1.165) is 21.6 Å². The lowest BCUT2D eigenvalue weighted by molar-refractivity contribution is 1.42. The highest BCUT2D eigenvalue weighted by Crippen LogP contribution is 2.22. The van der Waals surface area contributed by atoms with E-state index in [1.807, 2.05) is 24.3 Å². The van der Waals surface area contributed by atoms with E-state index < -0.39 is 8.07 Å². The van der Waals surface area contributed by atoms with Crippen LogP contribution in [0, 0.1) is 11.5 Å². The number of hydrogen-bond acceptors (Lipinski definition) is 0. The topological polar surface area (TPSA) is 15.8 Å². The number of rotatable bonds is 0. The lowest BCUT2D eigenvalue weighted by atomic mass is 10.2. The Kier molecular flexibility index (Phi) is 2.83. The van der Waals surface area contributed by atoms with Gasteiger partial charge < -0.3 is 4.98 Å². The number of nitrogens with one attached hydrogen (secondary N) is 1. The summed E-state index contributed by atoms with van der Waals surface area (Å²) in [6, 6.07) is 7.93. The number of hydrogen-bond donors (Lipinski definition) is 1. The van der Waals surface area contributed by atoms with Gasteiger partial charge in [0.25, 0.3) is 0 Å². The minimum atomic E-state index is -1.32. The summed E-state index contributed by atoms with van der Waals surface area (Å²) in [6.07, 6.45) is 0. The maximum atomic E-state index is 6.09. The summed E-state index contributed by atoms with van der Waals surface area (Å²) in [6.45, 7) is 6.70. The fourth-order valence-corrected chi connectivity index (χ4v) is 2.18. The number of aromatic amines is 1. The van der Waals surface area contributed by atoms with Crippen molar-refractivity contribution in [2.45, 2.75) is 19.6 Å². The number of para-hydroxylation sites is 1. The third-order valence-electron chi connectivity index (χ3n) is 2.18. The van der Waals surface area contributed by atoms with Gasteiger partial charge in [-0.2, -0.15) is 0 Å². The molecule has 0 aliphatic heterocycles. The average Bonchev–Trinajstić information content (AvgIpc) is 2.58. The monoisotopic (exact) mass is 247 g/mol. The maximum Gasteiger partial charge on any atom is 0.129 e. The van der Waals surface area contributed by atoms with Crippen molar-refractivity contribution < 1.29 is 0 Å². The van der Waals surface area contributed by atoms with Crippen molar-refractivity contribution in [1.29, 1.82) is 0 Å². The molecule has 0 atom stereocenters. The van der Waals surface area contributed by atoms with Crippen LogP contribution in [0.4, 0.5) is 0 Å². The zero-order chi connectivity index (χ0) is 11.8. The normalized spacial score (nSPS) is 11.2. The van der Waals surface area contributed by atoms with Crippen LogP contribution in [0.25, 0.3) is 10.9 Å². The van der Waals surface area contributed by atoms with Crippen molar-refractivity contribution in [3.8, 4) is 11.5 Å². The van der Waals surface area contributed by atoms with Gasteiger partial charge in [0, 0.05) is 5.39 Å². The van der Waals surface area contributed by atoms with Crippen LogP contribution in [-0.4, -0.2) is 13.1 Å². The van der Waals surface area contributed by atoms with E-state index in [-0.39, 0.29) is 0 Å². The highest BCUT2D eigenvalue weighted by Gasteiger charge is 2.08. The second-order valence-corrected chi connectivity index (χ2v) is 10.0. The van der Waals surface area contributed by atoms with Crippen molar-refractivity contribution in [1.82, 2.24) is 4.98 Å². The molecule has 0 saturated heterocycles. The molecule has 0 aliphatic carbocycles. The largest absolute Gasteiger partial charge is 0.347 e. The van der Waals surface area contributed by atoms with Gasteiger partial charge in [-0.3, -0.25) is 0 Å². The predicted octanol–water partition coefficient (Wildman–Crippen LogP) is 4.05. The van der Waals surface area contributed by atoms with E-state index in [1.165, 1.54) is 0 Å². The van der Waals surface area contributed by atoms with Crippen LogP contribution in [0.5, 0.6) is 0 Å². The molecule has 2 rings (SSSR count). The van der Waals surface area contributed by atoms with Crippen molar-refractivity contribution in [2.24, 2.45) is 0 Å². The number of halogens is 1. The Morgan fingerprint density at radius 1 is 1.25 bits per heavy atom. The van der Waals surface area contributed by atoms with Gasteiger partial charge in [0.05, 0.1) is 16.2 Å². The summed E-state index contributed by atoms with van der Waals surface area (Å²) >= 11 is 6.09. The summed E-state index contributed by atoms with van der Waals surface area (Å²) in [5.41, 5.74) is 5.26. The van der Waals surface area contributed by atoms with E-state index >= 15 is 0 Å². The molecule has 3 heteroatoms. The van der Waals surface area contributed by atoms with E-state index in [4.69, 9.17) is 11.6 Å². The molecule has 1 aromatic heterocycles. The standard InChI is InChI=1S/C13H14ClNSi/c1-16(2,3)8-7-11-9-10-5-4-6-12(14)13(10)15-11/h4-6,9,15H,1-3H3. The van der Waals surface area contributed by atoms with Gasteiger partial charge in [0.1, 0.15) is 8.07 Å². The molecule has 0 unspecified atom stereocenters. The minimum Gasteiger partial charge on any atom is -0.347 e. The van der Waals surface area contributed by atoms with E-state index in [1.54, 1.807) is 0 Å². The Hall–Kier alpha value is -1.17. The molecule has 1 nitrogen and oxygen atoms in total. The Morgan fingerprint density at radius 2 is 2.00 bits per heavy atom. The fourth-order valence-electron chi connectivity index (χ4n) is 1.44. The SMILES string of the molecule is C[Si](C)(C)C#Cc1cc2cccc(Cl)c2[nH]1. The highest BCUT2D eigenvalue weighted by atomic mass is 35.5. The molecule has 1 heterocycles. The summed E-state index contributed by atoms with van der Waals surface area (Å²) in [4.78, 5) is 3.25. The van der Waals surface area contributed by atoms with Crippen molar-refractivity contribution in [2.75, 3.05) is 0 Å². The molecule has 2 aromatic rings. The Balaban J connectivity index is 2.47. The Bertz CT molecular complexity index is 581. The number of benzene rings is 1. The van der Waals surface area contributed by atoms with Gasteiger partial charge >= 0.3 is 0 Å². The molecular formula is C13H14ClNSi. The number of H-pyrrole nitrogens is 1. The Labute approximate surface area is 102 Å². The van der Waals surface area contributed by atoms with Crippen LogP contribution in [0.2, 0.25) is 24.7 Å². The molecule has 0 saturated carbocycles. The molecule has 0 aliphatic rings. The smallest absolute Gasteiger partial charge is 0.129 e. The third kappa shape index (κ3) is 2.49. The van der Waals surface area contributed by atoms with Gasteiger partial charge in [0.2, 0.25) is 0 Å². The molecule has 16 heavy (non-hydrogen) atoms. The van der Waals surface area contributed by atoms with Gasteiger partial charge in [0.15, 0.2) is 0 Å². The van der Waals surface area contributed by atoms with Gasteiger partial charge in [-0.1, -0.05) is 49.3 Å². The highest BCUT2D eigenvalue weighted by molar-refractivity contribution is 6.83. The second-order valence-electron chi connectivity index (χ2n) is 4.89. The molecule has 0 fully saturated rings. The van der Waals surface area contributed by atoms with Crippen LogP contribution in [0.1, 0.15) is 5.69 Å². The molecule has 0 bridgehead atoms. The molecule has 1 aromatic carbocycles. The molecule has 82 valence electrons. The van der Waals surface area contributed by atoms with E-state index in [2.05, 4.69) is 36.1 Å². The average molecular weight is 248 g/mol. The van der Waals surface area contributed by atoms with Gasteiger partial charge in [-0.15, -0.1) is 5.54 Å². The quantitative estimate of drug-likeness (QED) is 0.534. The summed E-state index contributed by atoms with van der Waals surface area (Å²) in [5, 5.41) is 1.87. The molecule has 1 N–H and O–H groups in total. The first kappa shape index (κ1) is 11.3. The number of aromatic nitrogens is 1. The van der Waals surface area contributed by atoms with Crippen LogP contribution in [0.3, 0.4) is 0 Å². The Morgan fingerprint density at radius 3 is 2.62 bits per heavy atom. The fraction of sp³-hybridized carbons (Fsp3) is 0.231. The lowest BCUT2D eigenvalue weighted by Gasteiger charge is -2.02. The molecular weight excluding hydrogens is 234 g/mol. The second kappa shape index (κ2) is 4.01. The van der Waals surface area contributed by atoms with Gasteiger partial charge in [-0.25, -0.2) is 0 Å². The lowest BCUT2D eigenvalue weighted by Crippen LogP contribution is -2.16. The maximum absolute atomic E-state index is 6.09. The summed E-state index contributed by atoms with van der Waals surface area (Å²) < 4.78 is 0. The molecule has 0 radical (unpaired) electrons. The van der Waals surface area contributed by atoms with Crippen LogP contribution in [-0.2, 0) is 0 Å². The third-order valence-corrected chi connectivity index (χ3v) is 3.37. The summed E-state index contributed by atoms with van der Waals surface area (Å²) in [7, 11) is -1.32. The van der Waals surface area contributed by atoms with Crippen LogP contribution in [0.15, 0.2) is 24.3 Å². The molecule has 0 spiro atoms. The first-order chi connectivity index (χ1) is 7.46. The zero-order valence-corrected chi connectivity index (χ0v) is 11.4. The first-order valence-corrected chi connectivity index (χ1v) is 9.14. The van der Waals surface area contributed by atoms with Crippen LogP contribution < -0.4 is 0 Å². The minimum absolute atomic E-state index is 0.749. The zero-order valence-electron chi connectivity index (χ0n) is 9.69. The first-order valence-electron chi connectivity index (χ1n) is 5.26. The predicted molar refractivity (Wildman–Crippen MR) is 73.5 cm³/mol. The van der Waals surface area contributed by atoms with Gasteiger partial charge in [-0.05, 0) is 12.1 Å². The van der Waals surface area contributed by atoms with Crippen molar-refractivity contribution in [3.63, 3.8) is 0 Å². The van der Waals surface area contributed by atoms with E-state index in [9.17, 15) is 0 Å². The van der Waals surface area contributed by atoms with Crippen molar-refractivity contribution in [3.05, 3.63) is 35.0 Å². The summed E-state index contributed by atoms with van der Waals surface area (Å²) in [5.74, 6) is 3.20.